The number of nitrogens with zero attached hydrogens (tertiary/aromatic N) is 1. The number of thiazole rings is 1. The first-order valence-electron chi connectivity index (χ1n) is 6.98. The number of hydrogen-bond donors (Lipinski definition) is 0. The van der Waals surface area contributed by atoms with Crippen molar-refractivity contribution in [3.05, 3.63) is 54.9 Å². The molecule has 3 nitrogen and oxygen atoms in total. The summed E-state index contributed by atoms with van der Waals surface area (Å²) in [7, 11) is 1.57. The van der Waals surface area contributed by atoms with Gasteiger partial charge in [0.05, 0.1) is 4.53 Å². The molecule has 1 aromatic carbocycles. The number of benzene rings is 1. The van der Waals surface area contributed by atoms with Crippen LogP contribution >= 0.6 is 11.3 Å². The van der Waals surface area contributed by atoms with Crippen molar-refractivity contribution in [3.63, 3.8) is 0 Å². The maximum Gasteiger partial charge on any atom is 0.268 e. The number of carbonyl (C=O) groups is 1. The molecule has 0 unspecified atom stereocenters. The number of ketones is 1. The molecule has 0 atom stereocenters. The van der Waals surface area contributed by atoms with Gasteiger partial charge in [-0.1, -0.05) is 26.8 Å². The van der Waals surface area contributed by atoms with Crippen LogP contribution in [0, 0.1) is 17.0 Å². The summed E-state index contributed by atoms with van der Waals surface area (Å²) in [5.74, 6) is -2.00. The van der Waals surface area contributed by atoms with Gasteiger partial charge in [0.1, 0.15) is 4.66 Å². The first-order chi connectivity index (χ1) is 10.6. The molecule has 0 bridgehead atoms. The van der Waals surface area contributed by atoms with Crippen LogP contribution in [0.5, 0.6) is 0 Å². The highest BCUT2D eigenvalue weighted by atomic mass is 32.1. The Morgan fingerprint density at radius 1 is 1.22 bits per heavy atom. The highest BCUT2D eigenvalue weighted by Crippen LogP contribution is 2.14. The van der Waals surface area contributed by atoms with E-state index < -0.39 is 17.0 Å². The monoisotopic (exact) mass is 337 g/mol. The molecule has 2 aromatic rings. The predicted molar refractivity (Wildman–Crippen MR) is 87.7 cm³/mol. The Balaban J connectivity index is 2.59. The van der Waals surface area contributed by atoms with Gasteiger partial charge in [-0.15, -0.1) is 11.3 Å². The smallest absolute Gasteiger partial charge is 0.268 e. The fourth-order valence-corrected chi connectivity index (χ4v) is 2.82. The van der Waals surface area contributed by atoms with Gasteiger partial charge in [0.15, 0.2) is 17.4 Å². The van der Waals surface area contributed by atoms with Crippen LogP contribution in [0.1, 0.15) is 26.3 Å². The summed E-state index contributed by atoms with van der Waals surface area (Å²) < 4.78 is 28.4. The molecule has 0 radical (unpaired) electrons. The van der Waals surface area contributed by atoms with E-state index in [1.807, 2.05) is 0 Å². The third-order valence-electron chi connectivity index (χ3n) is 3.30. The summed E-state index contributed by atoms with van der Waals surface area (Å²) in [5.41, 5.74) is -0.437. The lowest BCUT2D eigenvalue weighted by Gasteiger charge is -2.12. The largest absolute Gasteiger partial charge is 0.302 e. The molecule has 1 aromatic heterocycles. The van der Waals surface area contributed by atoms with Crippen molar-refractivity contribution in [1.82, 2.24) is 4.57 Å². The van der Waals surface area contributed by atoms with Gasteiger partial charge in [-0.3, -0.25) is 9.59 Å². The number of carbonyl (C=O) groups excluding carboxylic acids is 1. The average Bonchev–Trinajstić information content (AvgIpc) is 2.70. The lowest BCUT2D eigenvalue weighted by molar-refractivity contribution is -0.120. The van der Waals surface area contributed by atoms with Crippen LogP contribution < -0.4 is 14.8 Å². The molecular weight excluding hydrogens is 320 g/mol. The standard InChI is InChI=1S/C17H17F2NO2S/c1-17(2,3)14(21)9-15-20(4)16(22)13(23-15)8-10-5-6-11(18)12(19)7-10/h5-9H,1-4H3/b13-8+,15-9-. The number of rotatable bonds is 2. The van der Waals surface area contributed by atoms with Crippen LogP contribution in [-0.4, -0.2) is 10.4 Å². The molecule has 0 saturated heterocycles. The maximum atomic E-state index is 13.2. The summed E-state index contributed by atoms with van der Waals surface area (Å²) in [5, 5.41) is 0. The van der Waals surface area contributed by atoms with E-state index in [1.165, 1.54) is 22.8 Å². The Hall–Kier alpha value is -2.08. The second-order valence-corrected chi connectivity index (χ2v) is 7.31. The molecule has 23 heavy (non-hydrogen) atoms. The van der Waals surface area contributed by atoms with Crippen LogP contribution in [0.4, 0.5) is 8.78 Å². The minimum Gasteiger partial charge on any atom is -0.302 e. The summed E-state index contributed by atoms with van der Waals surface area (Å²) in [6.45, 7) is 5.39. The summed E-state index contributed by atoms with van der Waals surface area (Å²) in [6, 6.07) is 3.43. The summed E-state index contributed by atoms with van der Waals surface area (Å²) in [6.07, 6.45) is 2.92. The van der Waals surface area contributed by atoms with Gasteiger partial charge in [-0.2, -0.15) is 0 Å². The second kappa shape index (κ2) is 6.20. The van der Waals surface area contributed by atoms with Crippen molar-refractivity contribution in [2.24, 2.45) is 12.5 Å². The molecule has 2 rings (SSSR count). The van der Waals surface area contributed by atoms with E-state index in [9.17, 15) is 18.4 Å². The summed E-state index contributed by atoms with van der Waals surface area (Å²) in [4.78, 5) is 24.3. The molecule has 0 aliphatic rings. The van der Waals surface area contributed by atoms with Crippen molar-refractivity contribution in [2.45, 2.75) is 20.8 Å². The van der Waals surface area contributed by atoms with Gasteiger partial charge >= 0.3 is 0 Å². The molecule has 6 heteroatoms. The van der Waals surface area contributed by atoms with E-state index in [4.69, 9.17) is 0 Å². The van der Waals surface area contributed by atoms with E-state index in [0.29, 0.717) is 14.8 Å². The quantitative estimate of drug-likeness (QED) is 0.840. The first kappa shape index (κ1) is 17.3. The Morgan fingerprint density at radius 3 is 2.43 bits per heavy atom. The normalized spacial score (nSPS) is 13.7. The van der Waals surface area contributed by atoms with Gasteiger partial charge in [0.2, 0.25) is 0 Å². The Kier molecular flexibility index (Phi) is 4.66. The van der Waals surface area contributed by atoms with Crippen molar-refractivity contribution in [1.29, 1.82) is 0 Å². The second-order valence-electron chi connectivity index (χ2n) is 6.25. The highest BCUT2D eigenvalue weighted by Gasteiger charge is 2.19. The maximum absolute atomic E-state index is 13.2. The van der Waals surface area contributed by atoms with Crippen LogP contribution in [0.2, 0.25) is 0 Å². The van der Waals surface area contributed by atoms with Gasteiger partial charge in [0.25, 0.3) is 5.56 Å². The van der Waals surface area contributed by atoms with Crippen LogP contribution in [0.25, 0.3) is 12.2 Å². The molecule has 1 heterocycles. The SMILES string of the molecule is Cn1c(=O)/c(=C\c2ccc(F)c(F)c2)s/c1=C\C(=O)C(C)(C)C. The fourth-order valence-electron chi connectivity index (χ4n) is 1.79. The third kappa shape index (κ3) is 3.82. The van der Waals surface area contributed by atoms with E-state index in [1.54, 1.807) is 27.8 Å². The van der Waals surface area contributed by atoms with E-state index >= 15 is 0 Å². The number of Topliss-reactive ketones (excluding diaryl/α,β-unsaturated/α-hetero) is 1. The molecule has 0 aliphatic heterocycles. The van der Waals surface area contributed by atoms with Gasteiger partial charge in [-0.05, 0) is 23.8 Å². The molecule has 0 N–H and O–H groups in total. The van der Waals surface area contributed by atoms with Gasteiger partial charge in [-0.25, -0.2) is 8.78 Å². The van der Waals surface area contributed by atoms with E-state index in [0.717, 1.165) is 23.5 Å². The Bertz CT molecular complexity index is 933. The Morgan fingerprint density at radius 2 is 1.87 bits per heavy atom. The third-order valence-corrected chi connectivity index (χ3v) is 4.41. The van der Waals surface area contributed by atoms with E-state index in [2.05, 4.69) is 0 Å². The minimum absolute atomic E-state index is 0.0891. The molecule has 122 valence electrons. The number of hydrogen-bond acceptors (Lipinski definition) is 3. The average molecular weight is 337 g/mol. The van der Waals surface area contributed by atoms with E-state index in [-0.39, 0.29) is 11.3 Å². The zero-order valence-electron chi connectivity index (χ0n) is 13.3. The predicted octanol–water partition coefficient (Wildman–Crippen LogP) is 1.95. The Labute approximate surface area is 136 Å². The van der Waals surface area contributed by atoms with Crippen molar-refractivity contribution in [2.75, 3.05) is 0 Å². The molecule has 0 saturated carbocycles. The van der Waals surface area contributed by atoms with Crippen LogP contribution in [0.15, 0.2) is 23.0 Å². The number of aromatic nitrogens is 1. The van der Waals surface area contributed by atoms with Crippen molar-refractivity contribution in [3.8, 4) is 0 Å². The molecular formula is C17H17F2NO2S. The first-order valence-corrected chi connectivity index (χ1v) is 7.80. The zero-order valence-corrected chi connectivity index (χ0v) is 14.1. The van der Waals surface area contributed by atoms with Crippen LogP contribution in [0.3, 0.4) is 0 Å². The number of halogens is 2. The zero-order chi connectivity index (χ0) is 17.4. The molecule has 0 spiro atoms. The lowest BCUT2D eigenvalue weighted by Crippen LogP contribution is -2.30. The molecule has 0 aliphatic carbocycles. The topological polar surface area (TPSA) is 39.1 Å². The molecule has 0 amide bonds. The van der Waals surface area contributed by atoms with Crippen molar-refractivity contribution >= 4 is 29.3 Å². The summed E-state index contributed by atoms with van der Waals surface area (Å²) >= 11 is 1.14. The van der Waals surface area contributed by atoms with Crippen molar-refractivity contribution < 1.29 is 13.6 Å². The lowest BCUT2D eigenvalue weighted by atomic mass is 9.91. The van der Waals surface area contributed by atoms with Gasteiger partial charge in [0, 0.05) is 18.5 Å². The van der Waals surface area contributed by atoms with Crippen LogP contribution in [-0.2, 0) is 11.8 Å². The highest BCUT2D eigenvalue weighted by molar-refractivity contribution is 7.07. The molecule has 0 fully saturated rings. The minimum atomic E-state index is -0.971. The van der Waals surface area contributed by atoms with Gasteiger partial charge < -0.3 is 4.57 Å². The fraction of sp³-hybridized carbons (Fsp3) is 0.294.